The fraction of sp³-hybridized carbons (Fsp3) is 0.440. The molecule has 3 fully saturated rings. The molecule has 0 unspecified atom stereocenters. The number of carbonyl (C=O) groups excluding carboxylic acids is 2. The SMILES string of the molecule is O=C(C1CCOCC1)N1CC(=O)N2[C@H](CO)[C@H](c3ccc(-c4ccccc4F)cc3)[C@H]2C1. The molecule has 6 nitrogen and oxygen atoms in total. The molecule has 7 heteroatoms. The third kappa shape index (κ3) is 3.59. The minimum atomic E-state index is -0.299. The van der Waals surface area contributed by atoms with Gasteiger partial charge in [-0.3, -0.25) is 9.59 Å². The molecule has 2 aromatic carbocycles. The van der Waals surface area contributed by atoms with Crippen LogP contribution in [0.2, 0.25) is 0 Å². The van der Waals surface area contributed by atoms with E-state index >= 15 is 0 Å². The number of benzene rings is 2. The normalized spacial score (nSPS) is 25.9. The average molecular weight is 438 g/mol. The first kappa shape index (κ1) is 21.1. The number of ether oxygens (including phenoxy) is 1. The van der Waals surface area contributed by atoms with Crippen molar-refractivity contribution < 1.29 is 23.8 Å². The first-order chi connectivity index (χ1) is 15.6. The molecule has 0 aromatic heterocycles. The molecule has 3 aliphatic rings. The predicted molar refractivity (Wildman–Crippen MR) is 116 cm³/mol. The van der Waals surface area contributed by atoms with Crippen molar-refractivity contribution in [2.75, 3.05) is 32.9 Å². The summed E-state index contributed by atoms with van der Waals surface area (Å²) >= 11 is 0. The molecule has 5 rings (SSSR count). The predicted octanol–water partition coefficient (Wildman–Crippen LogP) is 2.42. The summed E-state index contributed by atoms with van der Waals surface area (Å²) in [6.07, 6.45) is 1.39. The van der Waals surface area contributed by atoms with Crippen LogP contribution in [-0.4, -0.2) is 71.7 Å². The summed E-state index contributed by atoms with van der Waals surface area (Å²) in [6.45, 7) is 1.57. The number of hydrogen-bond donors (Lipinski definition) is 1. The summed E-state index contributed by atoms with van der Waals surface area (Å²) in [7, 11) is 0. The molecular weight excluding hydrogens is 411 g/mol. The Labute approximate surface area is 186 Å². The van der Waals surface area contributed by atoms with Gasteiger partial charge in [-0.2, -0.15) is 0 Å². The Bertz CT molecular complexity index is 1010. The van der Waals surface area contributed by atoms with Crippen LogP contribution in [0.1, 0.15) is 24.3 Å². The van der Waals surface area contributed by atoms with Gasteiger partial charge in [0.1, 0.15) is 5.82 Å². The number of amides is 2. The van der Waals surface area contributed by atoms with E-state index in [9.17, 15) is 19.1 Å². The molecule has 3 saturated heterocycles. The first-order valence-corrected chi connectivity index (χ1v) is 11.2. The van der Waals surface area contributed by atoms with Gasteiger partial charge in [0, 0.05) is 37.2 Å². The molecule has 0 saturated carbocycles. The summed E-state index contributed by atoms with van der Waals surface area (Å²) in [6, 6.07) is 13.8. The molecule has 0 aliphatic carbocycles. The van der Waals surface area contributed by atoms with Gasteiger partial charge >= 0.3 is 0 Å². The first-order valence-electron chi connectivity index (χ1n) is 11.2. The van der Waals surface area contributed by atoms with Crippen LogP contribution in [0.4, 0.5) is 4.39 Å². The van der Waals surface area contributed by atoms with Gasteiger partial charge in [0.25, 0.3) is 0 Å². The number of nitrogens with zero attached hydrogens (tertiary/aromatic N) is 2. The quantitative estimate of drug-likeness (QED) is 0.796. The van der Waals surface area contributed by atoms with E-state index in [0.717, 1.165) is 11.1 Å². The van der Waals surface area contributed by atoms with Crippen molar-refractivity contribution in [1.29, 1.82) is 0 Å². The second kappa shape index (κ2) is 8.64. The molecule has 2 aromatic rings. The Morgan fingerprint density at radius 1 is 1.09 bits per heavy atom. The standard InChI is InChI=1S/C25H27FN2O4/c26-20-4-2-1-3-19(20)16-5-7-17(8-6-16)24-21-13-27(14-23(30)28(21)22(24)15-29)25(31)18-9-11-32-12-10-18/h1-8,18,21-22,24,29H,9-15H2/t21-,22-,24-/m1/s1. The van der Waals surface area contributed by atoms with Crippen LogP contribution < -0.4 is 0 Å². The Morgan fingerprint density at radius 2 is 1.81 bits per heavy atom. The van der Waals surface area contributed by atoms with Crippen molar-refractivity contribution in [3.05, 3.63) is 59.9 Å². The van der Waals surface area contributed by atoms with Crippen LogP contribution in [0.5, 0.6) is 0 Å². The zero-order valence-electron chi connectivity index (χ0n) is 17.8. The minimum absolute atomic E-state index is 0.0300. The van der Waals surface area contributed by atoms with E-state index in [4.69, 9.17) is 4.74 Å². The summed E-state index contributed by atoms with van der Waals surface area (Å²) in [5.41, 5.74) is 2.30. The van der Waals surface area contributed by atoms with Crippen molar-refractivity contribution in [1.82, 2.24) is 9.80 Å². The van der Waals surface area contributed by atoms with E-state index in [1.807, 2.05) is 24.3 Å². The van der Waals surface area contributed by atoms with Gasteiger partial charge in [-0.25, -0.2) is 4.39 Å². The second-order valence-electron chi connectivity index (χ2n) is 8.85. The van der Waals surface area contributed by atoms with Crippen LogP contribution >= 0.6 is 0 Å². The highest BCUT2D eigenvalue weighted by atomic mass is 19.1. The molecule has 3 aliphatic heterocycles. The molecule has 0 bridgehead atoms. The van der Waals surface area contributed by atoms with Crippen molar-refractivity contribution in [3.8, 4) is 11.1 Å². The minimum Gasteiger partial charge on any atom is -0.394 e. The maximum atomic E-state index is 14.1. The Kier molecular flexibility index (Phi) is 5.69. The smallest absolute Gasteiger partial charge is 0.242 e. The van der Waals surface area contributed by atoms with Crippen LogP contribution in [0.3, 0.4) is 0 Å². The number of fused-ring (bicyclic) bond motifs is 1. The lowest BCUT2D eigenvalue weighted by Gasteiger charge is -2.59. The topological polar surface area (TPSA) is 70.1 Å². The monoisotopic (exact) mass is 438 g/mol. The zero-order chi connectivity index (χ0) is 22.2. The molecule has 0 spiro atoms. The summed E-state index contributed by atoms with van der Waals surface area (Å²) in [5.74, 6) is -0.509. The van der Waals surface area contributed by atoms with Crippen LogP contribution in [0.15, 0.2) is 48.5 Å². The lowest BCUT2D eigenvalue weighted by atomic mass is 9.73. The number of rotatable bonds is 4. The van der Waals surface area contributed by atoms with Crippen LogP contribution in [-0.2, 0) is 14.3 Å². The molecule has 3 atom stereocenters. The highest BCUT2D eigenvalue weighted by molar-refractivity contribution is 5.88. The summed E-state index contributed by atoms with van der Waals surface area (Å²) in [4.78, 5) is 29.3. The third-order valence-corrected chi connectivity index (χ3v) is 7.11. The number of hydrogen-bond acceptors (Lipinski definition) is 4. The molecule has 32 heavy (non-hydrogen) atoms. The fourth-order valence-corrected chi connectivity index (χ4v) is 5.45. The average Bonchev–Trinajstić information content (AvgIpc) is 2.81. The van der Waals surface area contributed by atoms with Gasteiger partial charge in [-0.05, 0) is 30.0 Å². The van der Waals surface area contributed by atoms with Crippen LogP contribution in [0.25, 0.3) is 11.1 Å². The molecule has 3 heterocycles. The Hall–Kier alpha value is -2.77. The molecule has 168 valence electrons. The zero-order valence-corrected chi connectivity index (χ0v) is 17.8. The maximum Gasteiger partial charge on any atom is 0.242 e. The second-order valence-corrected chi connectivity index (χ2v) is 8.85. The number of aliphatic hydroxyl groups is 1. The fourth-order valence-electron chi connectivity index (χ4n) is 5.45. The highest BCUT2D eigenvalue weighted by Crippen LogP contribution is 2.43. The molecular formula is C25H27FN2O4. The Balaban J connectivity index is 1.36. The molecule has 1 N–H and O–H groups in total. The lowest BCUT2D eigenvalue weighted by Crippen LogP contribution is -2.73. The van der Waals surface area contributed by atoms with E-state index in [1.165, 1.54) is 6.07 Å². The van der Waals surface area contributed by atoms with E-state index < -0.39 is 0 Å². The third-order valence-electron chi connectivity index (χ3n) is 7.11. The molecule has 0 radical (unpaired) electrons. The largest absolute Gasteiger partial charge is 0.394 e. The van der Waals surface area contributed by atoms with Gasteiger partial charge in [-0.1, -0.05) is 42.5 Å². The number of piperazine rings is 1. The van der Waals surface area contributed by atoms with Crippen molar-refractivity contribution in [3.63, 3.8) is 0 Å². The van der Waals surface area contributed by atoms with E-state index in [0.29, 0.717) is 38.2 Å². The number of aliphatic hydroxyl groups excluding tert-OH is 1. The van der Waals surface area contributed by atoms with Gasteiger partial charge in [-0.15, -0.1) is 0 Å². The van der Waals surface area contributed by atoms with Gasteiger partial charge < -0.3 is 19.6 Å². The van der Waals surface area contributed by atoms with Gasteiger partial charge in [0.2, 0.25) is 11.8 Å². The van der Waals surface area contributed by atoms with Crippen LogP contribution in [0, 0.1) is 11.7 Å². The summed E-state index contributed by atoms with van der Waals surface area (Å²) in [5, 5.41) is 9.98. The van der Waals surface area contributed by atoms with E-state index in [-0.39, 0.29) is 54.7 Å². The number of carbonyl (C=O) groups is 2. The highest BCUT2D eigenvalue weighted by Gasteiger charge is 2.54. The van der Waals surface area contributed by atoms with Crippen molar-refractivity contribution >= 4 is 11.8 Å². The van der Waals surface area contributed by atoms with Gasteiger partial charge in [0.15, 0.2) is 0 Å². The summed E-state index contributed by atoms with van der Waals surface area (Å²) < 4.78 is 19.5. The van der Waals surface area contributed by atoms with Crippen molar-refractivity contribution in [2.45, 2.75) is 30.8 Å². The molecule has 2 amide bonds. The van der Waals surface area contributed by atoms with E-state index in [1.54, 1.807) is 28.0 Å². The van der Waals surface area contributed by atoms with Crippen molar-refractivity contribution in [2.24, 2.45) is 5.92 Å². The number of halogens is 1. The van der Waals surface area contributed by atoms with Gasteiger partial charge in [0.05, 0.1) is 25.2 Å². The van der Waals surface area contributed by atoms with E-state index in [2.05, 4.69) is 0 Å². The Morgan fingerprint density at radius 3 is 2.50 bits per heavy atom. The maximum absolute atomic E-state index is 14.1. The lowest BCUT2D eigenvalue weighted by molar-refractivity contribution is -0.169.